The van der Waals surface area contributed by atoms with Gasteiger partial charge in [-0.3, -0.25) is 4.98 Å². The third-order valence-electron chi connectivity index (χ3n) is 5.50. The fourth-order valence-electron chi connectivity index (χ4n) is 3.85. The van der Waals surface area contributed by atoms with Crippen LogP contribution < -0.4 is 9.47 Å². The highest BCUT2D eigenvalue weighted by molar-refractivity contribution is 5.91. The molecular formula is C25H27N3O2. The van der Waals surface area contributed by atoms with Crippen LogP contribution in [0.25, 0.3) is 27.8 Å². The molecule has 0 saturated carbocycles. The Morgan fingerprint density at radius 1 is 1.03 bits per heavy atom. The summed E-state index contributed by atoms with van der Waals surface area (Å²) < 4.78 is 13.1. The summed E-state index contributed by atoms with van der Waals surface area (Å²) >= 11 is 0. The van der Waals surface area contributed by atoms with E-state index < -0.39 is 0 Å². The summed E-state index contributed by atoms with van der Waals surface area (Å²) in [6.07, 6.45) is 9.18. The van der Waals surface area contributed by atoms with Gasteiger partial charge in [-0.25, -0.2) is 0 Å². The van der Waals surface area contributed by atoms with E-state index in [0.29, 0.717) is 5.75 Å². The second kappa shape index (κ2) is 8.49. The summed E-state index contributed by atoms with van der Waals surface area (Å²) in [6, 6.07) is 14.5. The number of hydrogen-bond donors (Lipinski definition) is 0. The summed E-state index contributed by atoms with van der Waals surface area (Å²) in [4.78, 5) is 6.76. The van der Waals surface area contributed by atoms with Crippen molar-refractivity contribution < 1.29 is 9.47 Å². The lowest BCUT2D eigenvalue weighted by Gasteiger charge is -2.14. The number of para-hydroxylation sites is 1. The normalized spacial score (nSPS) is 11.5. The van der Waals surface area contributed by atoms with Gasteiger partial charge in [0.05, 0.1) is 19.9 Å². The van der Waals surface area contributed by atoms with E-state index in [9.17, 15) is 0 Å². The zero-order chi connectivity index (χ0) is 21.1. The average Bonchev–Trinajstić information content (AvgIpc) is 3.11. The van der Waals surface area contributed by atoms with Crippen molar-refractivity contribution in [3.63, 3.8) is 0 Å². The second-order valence-electron chi connectivity index (χ2n) is 7.45. The molecule has 0 radical (unpaired) electrons. The van der Waals surface area contributed by atoms with Crippen molar-refractivity contribution >= 4 is 27.8 Å². The van der Waals surface area contributed by atoms with Crippen molar-refractivity contribution in [2.75, 3.05) is 27.8 Å². The number of fused-ring (bicyclic) bond motifs is 2. The van der Waals surface area contributed by atoms with Crippen LogP contribution in [-0.2, 0) is 13.5 Å². The predicted molar refractivity (Wildman–Crippen MR) is 123 cm³/mol. The van der Waals surface area contributed by atoms with Crippen LogP contribution in [0.2, 0.25) is 0 Å². The van der Waals surface area contributed by atoms with Crippen LogP contribution in [0.3, 0.4) is 0 Å². The molecule has 0 amide bonds. The molecule has 0 aliphatic carbocycles. The quantitative estimate of drug-likeness (QED) is 0.442. The first-order valence-electron chi connectivity index (χ1n) is 10.0. The lowest BCUT2D eigenvalue weighted by atomic mass is 10.1. The lowest BCUT2D eigenvalue weighted by molar-refractivity contribution is 0.356. The molecule has 4 rings (SSSR count). The van der Waals surface area contributed by atoms with Crippen molar-refractivity contribution in [3.05, 3.63) is 72.3 Å². The van der Waals surface area contributed by atoms with Crippen LogP contribution in [0, 0.1) is 0 Å². The van der Waals surface area contributed by atoms with Gasteiger partial charge in [0, 0.05) is 55.5 Å². The molecule has 2 aromatic heterocycles. The molecule has 30 heavy (non-hydrogen) atoms. The highest BCUT2D eigenvalue weighted by Gasteiger charge is 2.09. The molecule has 154 valence electrons. The minimum Gasteiger partial charge on any atom is -0.493 e. The number of hydrogen-bond acceptors (Lipinski definition) is 4. The summed E-state index contributed by atoms with van der Waals surface area (Å²) in [6.45, 7) is 0.923. The Labute approximate surface area is 177 Å². The van der Waals surface area contributed by atoms with Gasteiger partial charge in [0.2, 0.25) is 0 Å². The summed E-state index contributed by atoms with van der Waals surface area (Å²) in [7, 11) is 7.49. The largest absolute Gasteiger partial charge is 0.493 e. The van der Waals surface area contributed by atoms with Crippen LogP contribution in [0.1, 0.15) is 11.3 Å². The standard InChI is InChI=1S/C25H27N3O2/c1-27(13-10-19-17-28(2)23-8-6-5-7-20(19)23)14-11-22-21-16-25(30-4)24(29-3)15-18(21)9-12-26-22/h5-9,11-12,14-17H,10,13H2,1-4H3/b14-11+. The molecule has 0 fully saturated rings. The van der Waals surface area contributed by atoms with Gasteiger partial charge in [-0.1, -0.05) is 18.2 Å². The highest BCUT2D eigenvalue weighted by Crippen LogP contribution is 2.33. The first-order chi connectivity index (χ1) is 14.6. The van der Waals surface area contributed by atoms with Crippen LogP contribution in [-0.4, -0.2) is 42.3 Å². The number of benzene rings is 2. The fourth-order valence-corrected chi connectivity index (χ4v) is 3.85. The van der Waals surface area contributed by atoms with Crippen molar-refractivity contribution in [1.29, 1.82) is 0 Å². The Morgan fingerprint density at radius 3 is 2.60 bits per heavy atom. The molecular weight excluding hydrogens is 374 g/mol. The fraction of sp³-hybridized carbons (Fsp3) is 0.240. The number of aryl methyl sites for hydroxylation is 1. The number of likely N-dealkylation sites (N-methyl/N-ethyl adjacent to an activating group) is 1. The minimum atomic E-state index is 0.706. The molecule has 0 spiro atoms. The number of nitrogens with zero attached hydrogens (tertiary/aromatic N) is 3. The van der Waals surface area contributed by atoms with Gasteiger partial charge in [0.1, 0.15) is 0 Å². The molecule has 0 atom stereocenters. The Morgan fingerprint density at radius 2 is 1.80 bits per heavy atom. The van der Waals surface area contributed by atoms with Gasteiger partial charge in [0.25, 0.3) is 0 Å². The van der Waals surface area contributed by atoms with Gasteiger partial charge in [-0.15, -0.1) is 0 Å². The molecule has 2 heterocycles. The number of rotatable bonds is 7. The maximum absolute atomic E-state index is 5.46. The first-order valence-corrected chi connectivity index (χ1v) is 10.0. The topological polar surface area (TPSA) is 39.5 Å². The summed E-state index contributed by atoms with van der Waals surface area (Å²) in [5, 5.41) is 3.43. The van der Waals surface area contributed by atoms with E-state index in [0.717, 1.165) is 35.2 Å². The average molecular weight is 402 g/mol. The van der Waals surface area contributed by atoms with E-state index in [4.69, 9.17) is 9.47 Å². The number of pyridine rings is 1. The van der Waals surface area contributed by atoms with E-state index >= 15 is 0 Å². The van der Waals surface area contributed by atoms with E-state index in [1.807, 2.05) is 24.4 Å². The third kappa shape index (κ3) is 3.83. The molecule has 4 aromatic rings. The molecule has 0 aliphatic heterocycles. The van der Waals surface area contributed by atoms with Crippen molar-refractivity contribution in [1.82, 2.24) is 14.5 Å². The summed E-state index contributed by atoms with van der Waals surface area (Å²) in [5.74, 6) is 1.43. The molecule has 5 heteroatoms. The lowest BCUT2D eigenvalue weighted by Crippen LogP contribution is -2.14. The van der Waals surface area contributed by atoms with E-state index in [1.54, 1.807) is 14.2 Å². The molecule has 0 aliphatic rings. The number of ether oxygens (including phenoxy) is 2. The minimum absolute atomic E-state index is 0.706. The van der Waals surface area contributed by atoms with Crippen LogP contribution >= 0.6 is 0 Å². The maximum atomic E-state index is 5.46. The predicted octanol–water partition coefficient (Wildman–Crippen LogP) is 4.89. The van der Waals surface area contributed by atoms with Gasteiger partial charge in [0.15, 0.2) is 11.5 Å². The molecule has 0 bridgehead atoms. The summed E-state index contributed by atoms with van der Waals surface area (Å²) in [5.41, 5.74) is 3.55. The van der Waals surface area contributed by atoms with Gasteiger partial charge >= 0.3 is 0 Å². The zero-order valence-electron chi connectivity index (χ0n) is 17.9. The monoisotopic (exact) mass is 401 g/mol. The Kier molecular flexibility index (Phi) is 5.61. The molecule has 0 saturated heterocycles. The van der Waals surface area contributed by atoms with E-state index in [1.165, 1.54) is 16.5 Å². The SMILES string of the molecule is COc1cc2ccnc(/C=C/N(C)CCc3cn(C)c4ccccc34)c2cc1OC. The van der Waals surface area contributed by atoms with Crippen LogP contribution in [0.15, 0.2) is 61.1 Å². The number of aromatic nitrogens is 2. The van der Waals surface area contributed by atoms with Crippen LogP contribution in [0.5, 0.6) is 11.5 Å². The second-order valence-corrected chi connectivity index (χ2v) is 7.45. The van der Waals surface area contributed by atoms with Crippen molar-refractivity contribution in [2.45, 2.75) is 6.42 Å². The zero-order valence-corrected chi connectivity index (χ0v) is 17.9. The Bertz CT molecular complexity index is 1210. The third-order valence-corrected chi connectivity index (χ3v) is 5.50. The van der Waals surface area contributed by atoms with E-state index in [2.05, 4.69) is 71.3 Å². The first kappa shape index (κ1) is 19.8. The number of methoxy groups -OCH3 is 2. The van der Waals surface area contributed by atoms with Gasteiger partial charge in [-0.2, -0.15) is 0 Å². The molecule has 0 N–H and O–H groups in total. The Hall–Kier alpha value is -3.47. The van der Waals surface area contributed by atoms with Crippen LogP contribution in [0.4, 0.5) is 0 Å². The molecule has 2 aromatic carbocycles. The molecule has 0 unspecified atom stereocenters. The smallest absolute Gasteiger partial charge is 0.161 e. The van der Waals surface area contributed by atoms with Gasteiger partial charge < -0.3 is 18.9 Å². The highest BCUT2D eigenvalue weighted by atomic mass is 16.5. The van der Waals surface area contributed by atoms with Crippen molar-refractivity contribution in [2.24, 2.45) is 7.05 Å². The molecule has 5 nitrogen and oxygen atoms in total. The van der Waals surface area contributed by atoms with E-state index in [-0.39, 0.29) is 0 Å². The Balaban J connectivity index is 1.52. The maximum Gasteiger partial charge on any atom is 0.161 e. The van der Waals surface area contributed by atoms with Crippen molar-refractivity contribution in [3.8, 4) is 11.5 Å². The van der Waals surface area contributed by atoms with Gasteiger partial charge in [-0.05, 0) is 47.7 Å².